The molecule has 2 atom stereocenters. The lowest BCUT2D eigenvalue weighted by Gasteiger charge is -2.16. The Labute approximate surface area is 442 Å². The van der Waals surface area contributed by atoms with Gasteiger partial charge in [0, 0.05) is 29.3 Å². The average molecular weight is 1070 g/mol. The van der Waals surface area contributed by atoms with E-state index < -0.39 is 73.3 Å². The molecule has 0 bridgehead atoms. The molecule has 14 nitrogen and oxygen atoms in total. The van der Waals surface area contributed by atoms with Crippen molar-refractivity contribution in [3.63, 3.8) is 0 Å². The molecule has 0 aliphatic carbocycles. The van der Waals surface area contributed by atoms with Crippen molar-refractivity contribution in [2.75, 3.05) is 19.6 Å². The largest absolute Gasteiger partial charge is 0.465 e. The smallest absolute Gasteiger partial charge is 0.405 e. The Balaban J connectivity index is 1.52. The average Bonchev–Trinajstić information content (AvgIpc) is 4.18. The van der Waals surface area contributed by atoms with E-state index in [9.17, 15) is 33.6 Å². The first kappa shape index (κ1) is 59.7. The van der Waals surface area contributed by atoms with Gasteiger partial charge in [0.1, 0.15) is 18.6 Å². The monoisotopic (exact) mass is 1070 g/mol. The Morgan fingerprint density at radius 1 is 0.486 bits per heavy atom. The molecule has 4 aromatic heterocycles. The maximum absolute atomic E-state index is 14.0. The Kier molecular flexibility index (Phi) is 26.8. The summed E-state index contributed by atoms with van der Waals surface area (Å²) in [5, 5.41) is 24.8. The molecule has 7 amide bonds. The predicted octanol–water partition coefficient (Wildman–Crippen LogP) is 11.2. The minimum atomic E-state index is -1.40. The summed E-state index contributed by atoms with van der Waals surface area (Å²) in [7, 11) is 0. The summed E-state index contributed by atoms with van der Waals surface area (Å²) < 4.78 is 0. The van der Waals surface area contributed by atoms with Crippen molar-refractivity contribution in [3.8, 4) is 29.3 Å². The van der Waals surface area contributed by atoms with E-state index in [0.29, 0.717) is 11.3 Å². The molecule has 0 saturated heterocycles. The van der Waals surface area contributed by atoms with Gasteiger partial charge in [0.15, 0.2) is 0 Å². The van der Waals surface area contributed by atoms with Crippen LogP contribution in [0.5, 0.6) is 0 Å². The summed E-state index contributed by atoms with van der Waals surface area (Å²) in [4.78, 5) is 95.5. The van der Waals surface area contributed by atoms with E-state index in [1.807, 2.05) is 39.3 Å². The van der Waals surface area contributed by atoms with Crippen molar-refractivity contribution in [1.82, 2.24) is 31.9 Å². The van der Waals surface area contributed by atoms with E-state index in [4.69, 9.17) is 5.11 Å². The zero-order valence-electron chi connectivity index (χ0n) is 43.2. The maximum Gasteiger partial charge on any atom is 0.405 e. The van der Waals surface area contributed by atoms with Crippen LogP contribution in [0.1, 0.15) is 176 Å². The number of unbranched alkanes of at least 4 members (excludes halogenated alkanes) is 12. The molecule has 0 radical (unpaired) electrons. The van der Waals surface area contributed by atoms with Crippen molar-refractivity contribution >= 4 is 86.9 Å². The molecule has 4 rings (SSSR count). The second-order valence-electron chi connectivity index (χ2n) is 18.5. The molecule has 396 valence electrons. The highest BCUT2D eigenvalue weighted by Gasteiger charge is 2.25. The van der Waals surface area contributed by atoms with Crippen molar-refractivity contribution < 1.29 is 38.7 Å². The van der Waals surface area contributed by atoms with Gasteiger partial charge in [-0.15, -0.1) is 45.3 Å². The van der Waals surface area contributed by atoms with Gasteiger partial charge in [-0.25, -0.2) is 4.79 Å². The Morgan fingerprint density at radius 3 is 1.36 bits per heavy atom. The van der Waals surface area contributed by atoms with E-state index in [-0.39, 0.29) is 0 Å². The summed E-state index contributed by atoms with van der Waals surface area (Å²) >= 11 is 7.03. The van der Waals surface area contributed by atoms with Gasteiger partial charge in [0.05, 0.1) is 18.0 Å². The highest BCUT2D eigenvalue weighted by molar-refractivity contribution is 7.29. The topological polar surface area (TPSA) is 212 Å². The number of hydrogen-bond donors (Lipinski definition) is 7. The summed E-state index contributed by atoms with van der Waals surface area (Å²) in [6.07, 6.45) is 20.8. The number of thiophene rings is 4. The van der Waals surface area contributed by atoms with Gasteiger partial charge >= 0.3 is 6.09 Å². The quantitative estimate of drug-likeness (QED) is 0.0223. The number of hydrogen-bond acceptors (Lipinski definition) is 11. The van der Waals surface area contributed by atoms with Crippen LogP contribution in [0.2, 0.25) is 0 Å². The Morgan fingerprint density at radius 2 is 0.889 bits per heavy atom. The number of carbonyl (C=O) groups is 7. The fourth-order valence-electron chi connectivity index (χ4n) is 8.25. The highest BCUT2D eigenvalue weighted by Crippen LogP contribution is 2.48. The minimum absolute atomic E-state index is 0.487. The molecule has 4 aromatic rings. The first-order valence-electron chi connectivity index (χ1n) is 26.1. The standard InChI is InChI=1S/C54H78N6O8S4/c1-7-11-15-19-23-37-27-28-69-47(37)41-29-38(24-20-16-12-8-2)48(70-41)42-30-39(25-21-17-13-9-3)49(71-42)43-31-40(26-22-18-14-10-4)50(72-43)53(66)60-46(63)33-56-52(65)35(5)58-44(61)32-55-51(64)36(6)59-45(62)34-57-54(67)68/h27-31,35-36,57H,7-26,32-34H2,1-6H3,(H,55,64)(H,56,65)(H,58,61)(H,59,62)(H,67,68)(H,60,63,66)/t35-,36-/m0/s1. The number of carbonyl (C=O) groups excluding carboxylic acids is 6. The predicted molar refractivity (Wildman–Crippen MR) is 295 cm³/mol. The summed E-state index contributed by atoms with van der Waals surface area (Å²) in [6.45, 7) is 10.1. The van der Waals surface area contributed by atoms with E-state index >= 15 is 0 Å². The van der Waals surface area contributed by atoms with Crippen LogP contribution in [0.4, 0.5) is 4.79 Å². The van der Waals surface area contributed by atoms with Gasteiger partial charge in [-0.2, -0.15) is 0 Å². The molecule has 0 fully saturated rings. The molecular weight excluding hydrogens is 989 g/mol. The van der Waals surface area contributed by atoms with Crippen molar-refractivity contribution in [2.45, 2.75) is 182 Å². The van der Waals surface area contributed by atoms with E-state index in [1.165, 1.54) is 118 Å². The lowest BCUT2D eigenvalue weighted by molar-refractivity contribution is -0.131. The molecule has 0 aliphatic heterocycles. The summed E-state index contributed by atoms with van der Waals surface area (Å²) in [5.41, 5.74) is 5.07. The summed E-state index contributed by atoms with van der Waals surface area (Å²) in [6, 6.07) is 7.20. The van der Waals surface area contributed by atoms with Crippen LogP contribution in [0.25, 0.3) is 29.3 Å². The van der Waals surface area contributed by atoms with Gasteiger partial charge in [-0.1, -0.05) is 105 Å². The third kappa shape index (κ3) is 19.8. The van der Waals surface area contributed by atoms with Crippen LogP contribution >= 0.6 is 45.3 Å². The van der Waals surface area contributed by atoms with Crippen molar-refractivity contribution in [3.05, 3.63) is 56.8 Å². The fourth-order valence-corrected chi connectivity index (χ4v) is 13.2. The zero-order valence-corrected chi connectivity index (χ0v) is 46.5. The molecule has 4 heterocycles. The van der Waals surface area contributed by atoms with Crippen LogP contribution in [-0.4, -0.2) is 78.4 Å². The van der Waals surface area contributed by atoms with Crippen LogP contribution in [0, 0.1) is 0 Å². The second-order valence-corrected chi connectivity index (χ2v) is 22.5. The second kappa shape index (κ2) is 32.3. The van der Waals surface area contributed by atoms with Crippen LogP contribution in [0.15, 0.2) is 29.6 Å². The van der Waals surface area contributed by atoms with Crippen molar-refractivity contribution in [2.24, 2.45) is 0 Å². The molecule has 0 aliphatic rings. The number of aryl methyl sites for hydroxylation is 4. The lowest BCUT2D eigenvalue weighted by atomic mass is 10.0. The molecule has 0 unspecified atom stereocenters. The van der Waals surface area contributed by atoms with Crippen LogP contribution in [0.3, 0.4) is 0 Å². The number of amides is 7. The zero-order chi connectivity index (χ0) is 52.4. The third-order valence-electron chi connectivity index (χ3n) is 12.3. The molecule has 0 spiro atoms. The first-order valence-corrected chi connectivity index (χ1v) is 29.4. The normalized spacial score (nSPS) is 12.0. The number of nitrogens with one attached hydrogen (secondary N) is 6. The van der Waals surface area contributed by atoms with Crippen molar-refractivity contribution in [1.29, 1.82) is 0 Å². The molecule has 18 heteroatoms. The van der Waals surface area contributed by atoms with Gasteiger partial charge in [0.25, 0.3) is 5.91 Å². The van der Waals surface area contributed by atoms with E-state index in [1.54, 1.807) is 0 Å². The number of carboxylic acid groups (broad SMARTS) is 1. The molecule has 72 heavy (non-hydrogen) atoms. The number of rotatable bonds is 34. The van der Waals surface area contributed by atoms with Crippen LogP contribution in [-0.2, 0) is 49.7 Å². The Bertz CT molecular complexity index is 2380. The molecule has 0 aromatic carbocycles. The third-order valence-corrected chi connectivity index (χ3v) is 17.3. The maximum atomic E-state index is 14.0. The number of imide groups is 1. The molecule has 7 N–H and O–H groups in total. The van der Waals surface area contributed by atoms with Gasteiger partial charge in [-0.05, 0) is 117 Å². The first-order chi connectivity index (χ1) is 34.7. The Hall–Kier alpha value is -4.91. The van der Waals surface area contributed by atoms with E-state index in [2.05, 4.69) is 83.9 Å². The fraction of sp³-hybridized carbons (Fsp3) is 0.574. The SMILES string of the molecule is CCCCCCc1cc(-c2sc(-c3sc(-c4sccc4CCCCCC)cc3CCCCCC)cc2CCCCCC)sc1C(=O)NC(=O)CNC(=O)[C@H](C)NC(=O)CNC(=O)[C@H](C)NC(=O)CNC(=O)O. The lowest BCUT2D eigenvalue weighted by Crippen LogP contribution is -2.52. The highest BCUT2D eigenvalue weighted by atomic mass is 32.1. The van der Waals surface area contributed by atoms with Gasteiger partial charge in [-0.3, -0.25) is 34.1 Å². The molecular formula is C54H78N6O8S4. The summed E-state index contributed by atoms with van der Waals surface area (Å²) in [5.74, 6) is -4.05. The van der Waals surface area contributed by atoms with Crippen LogP contribution < -0.4 is 31.9 Å². The molecule has 0 saturated carbocycles. The minimum Gasteiger partial charge on any atom is -0.465 e. The van der Waals surface area contributed by atoms with E-state index in [0.717, 1.165) is 81.1 Å². The van der Waals surface area contributed by atoms with Gasteiger partial charge < -0.3 is 31.7 Å². The van der Waals surface area contributed by atoms with Gasteiger partial charge in [0.2, 0.25) is 29.5 Å².